The Morgan fingerprint density at radius 3 is 2.61 bits per heavy atom. The first kappa shape index (κ1) is 13.9. The molecule has 0 bridgehead atoms. The molecule has 0 aliphatic carbocycles. The van der Waals surface area contributed by atoms with Crippen molar-refractivity contribution in [2.75, 3.05) is 19.6 Å². The van der Waals surface area contributed by atoms with Gasteiger partial charge < -0.3 is 10.2 Å². The van der Waals surface area contributed by atoms with Crippen LogP contribution in [0.1, 0.15) is 46.5 Å². The Morgan fingerprint density at radius 1 is 1.33 bits per heavy atom. The molecule has 0 aromatic carbocycles. The van der Waals surface area contributed by atoms with Gasteiger partial charge in [-0.25, -0.2) is 0 Å². The lowest BCUT2D eigenvalue weighted by Gasteiger charge is -2.42. The van der Waals surface area contributed by atoms with Crippen LogP contribution >= 0.6 is 0 Å². The van der Waals surface area contributed by atoms with Crippen LogP contribution in [0.5, 0.6) is 0 Å². The van der Waals surface area contributed by atoms with Crippen LogP contribution in [0.25, 0.3) is 0 Å². The fourth-order valence-corrected chi connectivity index (χ4v) is 3.22. The minimum absolute atomic E-state index is 0.205. The summed E-state index contributed by atoms with van der Waals surface area (Å²) in [6.45, 7) is 9.69. The highest BCUT2D eigenvalue weighted by atomic mass is 16.2. The predicted octanol–water partition coefficient (Wildman–Crippen LogP) is 2.27. The molecule has 0 saturated carbocycles. The summed E-state index contributed by atoms with van der Waals surface area (Å²) in [7, 11) is 0. The van der Waals surface area contributed by atoms with Gasteiger partial charge in [0.2, 0.25) is 5.91 Å². The Morgan fingerprint density at radius 2 is 2.06 bits per heavy atom. The molecule has 2 fully saturated rings. The fraction of sp³-hybridized carbons (Fsp3) is 0.933. The zero-order valence-electron chi connectivity index (χ0n) is 12.1. The fourth-order valence-electron chi connectivity index (χ4n) is 3.22. The molecule has 2 rings (SSSR count). The molecule has 0 radical (unpaired) electrons. The first-order valence-corrected chi connectivity index (χ1v) is 7.66. The topological polar surface area (TPSA) is 32.3 Å². The number of carbonyl (C=O) groups excluding carboxylic acids is 1. The third-order valence-electron chi connectivity index (χ3n) is 5.04. The van der Waals surface area contributed by atoms with Crippen molar-refractivity contribution in [1.29, 1.82) is 0 Å². The van der Waals surface area contributed by atoms with Crippen molar-refractivity contribution in [3.8, 4) is 0 Å². The maximum absolute atomic E-state index is 12.7. The number of hydrogen-bond acceptors (Lipinski definition) is 2. The van der Waals surface area contributed by atoms with E-state index < -0.39 is 0 Å². The number of nitrogens with one attached hydrogen (secondary N) is 1. The summed E-state index contributed by atoms with van der Waals surface area (Å²) >= 11 is 0. The zero-order chi connectivity index (χ0) is 13.1. The van der Waals surface area contributed by atoms with Crippen molar-refractivity contribution in [3.05, 3.63) is 0 Å². The van der Waals surface area contributed by atoms with E-state index in [0.717, 1.165) is 19.6 Å². The van der Waals surface area contributed by atoms with Crippen LogP contribution in [-0.2, 0) is 4.79 Å². The molecule has 18 heavy (non-hydrogen) atoms. The lowest BCUT2D eigenvalue weighted by molar-refractivity contribution is -0.142. The molecule has 2 aliphatic rings. The van der Waals surface area contributed by atoms with E-state index in [2.05, 4.69) is 31.0 Å². The SMILES string of the molecule is CCC(C)C1CCCCN1C(=O)C(C)C1CNC1. The van der Waals surface area contributed by atoms with Gasteiger partial charge in [0, 0.05) is 18.5 Å². The predicted molar refractivity (Wildman–Crippen MR) is 74.3 cm³/mol. The first-order valence-electron chi connectivity index (χ1n) is 7.66. The molecule has 2 heterocycles. The molecule has 0 spiro atoms. The highest BCUT2D eigenvalue weighted by molar-refractivity contribution is 5.79. The van der Waals surface area contributed by atoms with Crippen LogP contribution in [0.4, 0.5) is 0 Å². The van der Waals surface area contributed by atoms with Crippen molar-refractivity contribution >= 4 is 5.91 Å². The number of nitrogens with zero attached hydrogens (tertiary/aromatic N) is 1. The summed E-state index contributed by atoms with van der Waals surface area (Å²) in [5.41, 5.74) is 0. The first-order chi connectivity index (χ1) is 8.65. The van der Waals surface area contributed by atoms with E-state index in [4.69, 9.17) is 0 Å². The van der Waals surface area contributed by atoms with Crippen LogP contribution in [0.15, 0.2) is 0 Å². The third kappa shape index (κ3) is 2.71. The Hall–Kier alpha value is -0.570. The van der Waals surface area contributed by atoms with Crippen molar-refractivity contribution in [2.45, 2.75) is 52.5 Å². The normalized spacial score (nSPS) is 28.6. The van der Waals surface area contributed by atoms with Gasteiger partial charge in [-0.2, -0.15) is 0 Å². The number of carbonyl (C=O) groups is 1. The van der Waals surface area contributed by atoms with E-state index >= 15 is 0 Å². The van der Waals surface area contributed by atoms with Crippen molar-refractivity contribution in [3.63, 3.8) is 0 Å². The molecule has 1 amide bonds. The van der Waals surface area contributed by atoms with Gasteiger partial charge >= 0.3 is 0 Å². The van der Waals surface area contributed by atoms with Crippen LogP contribution < -0.4 is 5.32 Å². The second-order valence-corrected chi connectivity index (χ2v) is 6.19. The highest BCUT2D eigenvalue weighted by Crippen LogP contribution is 2.28. The second kappa shape index (κ2) is 6.05. The number of hydrogen-bond donors (Lipinski definition) is 1. The molecule has 2 saturated heterocycles. The van der Waals surface area contributed by atoms with E-state index in [0.29, 0.717) is 23.8 Å². The van der Waals surface area contributed by atoms with Gasteiger partial charge in [0.15, 0.2) is 0 Å². The Bertz CT molecular complexity index is 288. The maximum atomic E-state index is 12.7. The average molecular weight is 252 g/mol. The van der Waals surface area contributed by atoms with Crippen LogP contribution in [0.2, 0.25) is 0 Å². The molecule has 0 aromatic rings. The van der Waals surface area contributed by atoms with Crippen molar-refractivity contribution in [2.24, 2.45) is 17.8 Å². The van der Waals surface area contributed by atoms with Crippen molar-refractivity contribution in [1.82, 2.24) is 10.2 Å². The minimum Gasteiger partial charge on any atom is -0.339 e. The smallest absolute Gasteiger partial charge is 0.226 e. The summed E-state index contributed by atoms with van der Waals surface area (Å²) < 4.78 is 0. The summed E-state index contributed by atoms with van der Waals surface area (Å²) in [6.07, 6.45) is 4.86. The highest BCUT2D eigenvalue weighted by Gasteiger charge is 2.36. The molecule has 0 aromatic heterocycles. The summed E-state index contributed by atoms with van der Waals surface area (Å²) in [6, 6.07) is 0.492. The summed E-state index contributed by atoms with van der Waals surface area (Å²) in [5, 5.41) is 3.27. The molecular formula is C15H28N2O. The van der Waals surface area contributed by atoms with Gasteiger partial charge in [0.05, 0.1) is 0 Å². The summed E-state index contributed by atoms with van der Waals surface area (Å²) in [4.78, 5) is 14.9. The van der Waals surface area contributed by atoms with Gasteiger partial charge in [-0.3, -0.25) is 4.79 Å². The number of rotatable bonds is 4. The lowest BCUT2D eigenvalue weighted by atomic mass is 9.84. The summed E-state index contributed by atoms with van der Waals surface area (Å²) in [5.74, 6) is 1.82. The maximum Gasteiger partial charge on any atom is 0.226 e. The molecule has 1 N–H and O–H groups in total. The van der Waals surface area contributed by atoms with E-state index in [9.17, 15) is 4.79 Å². The van der Waals surface area contributed by atoms with Gasteiger partial charge in [0.1, 0.15) is 0 Å². The van der Waals surface area contributed by atoms with Gasteiger partial charge in [0.25, 0.3) is 0 Å². The average Bonchev–Trinajstić information content (AvgIpc) is 2.34. The van der Waals surface area contributed by atoms with Crippen LogP contribution in [0, 0.1) is 17.8 Å². The number of amides is 1. The van der Waals surface area contributed by atoms with Gasteiger partial charge in [-0.15, -0.1) is 0 Å². The quantitative estimate of drug-likeness (QED) is 0.832. The molecule has 104 valence electrons. The van der Waals surface area contributed by atoms with E-state index in [-0.39, 0.29) is 5.92 Å². The molecule has 3 unspecified atom stereocenters. The van der Waals surface area contributed by atoms with Crippen molar-refractivity contribution < 1.29 is 4.79 Å². The van der Waals surface area contributed by atoms with E-state index in [1.165, 1.54) is 25.7 Å². The van der Waals surface area contributed by atoms with E-state index in [1.54, 1.807) is 0 Å². The monoisotopic (exact) mass is 252 g/mol. The Kier molecular flexibility index (Phi) is 4.66. The molecule has 3 heteroatoms. The molecule has 3 atom stereocenters. The number of likely N-dealkylation sites (tertiary alicyclic amines) is 1. The van der Waals surface area contributed by atoms with Crippen LogP contribution in [-0.4, -0.2) is 36.5 Å². The zero-order valence-corrected chi connectivity index (χ0v) is 12.1. The van der Waals surface area contributed by atoms with E-state index in [1.807, 2.05) is 0 Å². The Labute approximate surface area is 111 Å². The second-order valence-electron chi connectivity index (χ2n) is 6.19. The third-order valence-corrected chi connectivity index (χ3v) is 5.04. The van der Waals surface area contributed by atoms with Gasteiger partial charge in [-0.1, -0.05) is 27.2 Å². The molecular weight excluding hydrogens is 224 g/mol. The Balaban J connectivity index is 2.00. The number of piperidine rings is 1. The minimum atomic E-state index is 0.205. The lowest BCUT2D eigenvalue weighted by Crippen LogP contribution is -2.54. The standard InChI is InChI=1S/C15H28N2O/c1-4-11(2)14-7-5-6-8-17(14)15(18)12(3)13-9-16-10-13/h11-14,16H,4-10H2,1-3H3. The van der Waals surface area contributed by atoms with Gasteiger partial charge in [-0.05, 0) is 44.2 Å². The molecule has 2 aliphatic heterocycles. The van der Waals surface area contributed by atoms with Crippen LogP contribution in [0.3, 0.4) is 0 Å². The largest absolute Gasteiger partial charge is 0.339 e. The molecule has 3 nitrogen and oxygen atoms in total.